The fourth-order valence-electron chi connectivity index (χ4n) is 2.45. The van der Waals surface area contributed by atoms with Crippen LogP contribution in [0.3, 0.4) is 0 Å². The lowest BCUT2D eigenvalue weighted by Gasteiger charge is -2.11. The van der Waals surface area contributed by atoms with Gasteiger partial charge in [0, 0.05) is 11.8 Å². The number of hydrogen-bond donors (Lipinski definition) is 1. The molecular formula is C13H22N2S. The van der Waals surface area contributed by atoms with Crippen molar-refractivity contribution in [3.8, 4) is 0 Å². The Kier molecular flexibility index (Phi) is 3.85. The van der Waals surface area contributed by atoms with Crippen LogP contribution >= 0.6 is 11.3 Å². The van der Waals surface area contributed by atoms with Gasteiger partial charge in [-0.2, -0.15) is 0 Å². The van der Waals surface area contributed by atoms with E-state index >= 15 is 0 Å². The van der Waals surface area contributed by atoms with E-state index in [1.165, 1.54) is 49.2 Å². The molecule has 2 N–H and O–H groups in total. The molecular weight excluding hydrogens is 216 g/mol. The Morgan fingerprint density at radius 3 is 2.31 bits per heavy atom. The molecule has 0 aliphatic heterocycles. The second kappa shape index (κ2) is 5.17. The molecule has 16 heavy (non-hydrogen) atoms. The van der Waals surface area contributed by atoms with E-state index < -0.39 is 0 Å². The zero-order chi connectivity index (χ0) is 11.5. The molecule has 0 spiro atoms. The van der Waals surface area contributed by atoms with Gasteiger partial charge in [0.2, 0.25) is 0 Å². The lowest BCUT2D eigenvalue weighted by atomic mass is 9.97. The van der Waals surface area contributed by atoms with Crippen molar-refractivity contribution in [2.45, 2.75) is 64.2 Å². The zero-order valence-corrected chi connectivity index (χ0v) is 11.1. The summed E-state index contributed by atoms with van der Waals surface area (Å²) in [6, 6.07) is 0. The Morgan fingerprint density at radius 2 is 1.81 bits per heavy atom. The molecule has 3 heteroatoms. The van der Waals surface area contributed by atoms with Crippen molar-refractivity contribution in [1.82, 2.24) is 4.98 Å². The third-order valence-corrected chi connectivity index (χ3v) is 4.63. The number of nitrogen functional groups attached to an aromatic ring is 1. The third kappa shape index (κ3) is 2.57. The molecule has 0 amide bonds. The molecule has 2 rings (SSSR count). The summed E-state index contributed by atoms with van der Waals surface area (Å²) in [5.41, 5.74) is 7.32. The Balaban J connectivity index is 2.17. The largest absolute Gasteiger partial charge is 0.389 e. The molecule has 0 atom stereocenters. The number of rotatable bonds is 2. The number of thiazole rings is 1. The molecule has 1 heterocycles. The summed E-state index contributed by atoms with van der Waals surface area (Å²) in [6.45, 7) is 4.38. The van der Waals surface area contributed by atoms with Gasteiger partial charge in [0.1, 0.15) is 5.00 Å². The Hall–Kier alpha value is -0.570. The van der Waals surface area contributed by atoms with Crippen LogP contribution in [-0.2, 0) is 0 Å². The van der Waals surface area contributed by atoms with Gasteiger partial charge in [-0.25, -0.2) is 4.98 Å². The zero-order valence-electron chi connectivity index (χ0n) is 10.3. The molecule has 0 unspecified atom stereocenters. The van der Waals surface area contributed by atoms with Gasteiger partial charge in [0.25, 0.3) is 0 Å². The minimum Gasteiger partial charge on any atom is -0.389 e. The first-order chi connectivity index (χ1) is 7.68. The number of hydrogen-bond acceptors (Lipinski definition) is 3. The molecule has 2 nitrogen and oxygen atoms in total. The third-order valence-electron chi connectivity index (χ3n) is 3.43. The van der Waals surface area contributed by atoms with Crippen LogP contribution in [0.4, 0.5) is 5.00 Å². The maximum Gasteiger partial charge on any atom is 0.110 e. The van der Waals surface area contributed by atoms with Crippen LogP contribution in [0.2, 0.25) is 0 Å². The second-order valence-corrected chi connectivity index (χ2v) is 6.21. The minimum atomic E-state index is 0.506. The number of anilines is 1. The topological polar surface area (TPSA) is 38.9 Å². The predicted octanol–water partition coefficient (Wildman–Crippen LogP) is 4.29. The van der Waals surface area contributed by atoms with E-state index in [1.54, 1.807) is 11.3 Å². The maximum atomic E-state index is 6.12. The van der Waals surface area contributed by atoms with Crippen LogP contribution in [0.1, 0.15) is 74.9 Å². The maximum absolute atomic E-state index is 6.12. The van der Waals surface area contributed by atoms with E-state index in [9.17, 15) is 0 Å². The summed E-state index contributed by atoms with van der Waals surface area (Å²) in [5, 5.41) is 2.17. The van der Waals surface area contributed by atoms with Gasteiger partial charge in [-0.1, -0.05) is 39.5 Å². The molecule has 1 fully saturated rings. The second-order valence-electron chi connectivity index (χ2n) is 5.14. The van der Waals surface area contributed by atoms with Crippen molar-refractivity contribution in [2.75, 3.05) is 5.73 Å². The number of aromatic nitrogens is 1. The van der Waals surface area contributed by atoms with E-state index in [4.69, 9.17) is 10.7 Å². The molecule has 1 aromatic heterocycles. The van der Waals surface area contributed by atoms with Gasteiger partial charge in [0.15, 0.2) is 0 Å². The van der Waals surface area contributed by atoms with Crippen LogP contribution in [0.15, 0.2) is 0 Å². The minimum absolute atomic E-state index is 0.506. The highest BCUT2D eigenvalue weighted by Crippen LogP contribution is 2.37. The Labute approximate surface area is 102 Å². The fourth-order valence-corrected chi connectivity index (χ4v) is 3.38. The van der Waals surface area contributed by atoms with Crippen molar-refractivity contribution in [3.63, 3.8) is 0 Å². The highest BCUT2D eigenvalue weighted by atomic mass is 32.1. The summed E-state index contributed by atoms with van der Waals surface area (Å²) in [5.74, 6) is 1.14. The monoisotopic (exact) mass is 238 g/mol. The van der Waals surface area contributed by atoms with E-state index in [2.05, 4.69) is 13.8 Å². The summed E-state index contributed by atoms with van der Waals surface area (Å²) in [4.78, 5) is 4.77. The van der Waals surface area contributed by atoms with Crippen molar-refractivity contribution in [1.29, 1.82) is 0 Å². The molecule has 0 bridgehead atoms. The van der Waals surface area contributed by atoms with Crippen molar-refractivity contribution >= 4 is 16.3 Å². The molecule has 1 aromatic rings. The first-order valence-corrected chi connectivity index (χ1v) is 7.26. The SMILES string of the molecule is CC(C)c1nc(C2CCCCCC2)c(N)s1. The smallest absolute Gasteiger partial charge is 0.110 e. The number of nitrogens with zero attached hydrogens (tertiary/aromatic N) is 1. The summed E-state index contributed by atoms with van der Waals surface area (Å²) in [7, 11) is 0. The first kappa shape index (κ1) is 11.9. The summed E-state index contributed by atoms with van der Waals surface area (Å²) in [6.07, 6.45) is 8.03. The van der Waals surface area contributed by atoms with Crippen molar-refractivity contribution in [3.05, 3.63) is 10.7 Å². The van der Waals surface area contributed by atoms with Gasteiger partial charge < -0.3 is 5.73 Å². The molecule has 1 aliphatic rings. The van der Waals surface area contributed by atoms with Gasteiger partial charge in [0.05, 0.1) is 10.7 Å². The summed E-state index contributed by atoms with van der Waals surface area (Å²) >= 11 is 1.69. The van der Waals surface area contributed by atoms with E-state index in [-0.39, 0.29) is 0 Å². The average Bonchev–Trinajstić information content (AvgIpc) is 2.50. The normalized spacial score (nSPS) is 18.9. The number of nitrogens with two attached hydrogens (primary N) is 1. The average molecular weight is 238 g/mol. The van der Waals surface area contributed by atoms with Crippen molar-refractivity contribution < 1.29 is 0 Å². The highest BCUT2D eigenvalue weighted by Gasteiger charge is 2.21. The van der Waals surface area contributed by atoms with Gasteiger partial charge in [-0.05, 0) is 12.8 Å². The Bertz CT molecular complexity index is 336. The van der Waals surface area contributed by atoms with Crippen LogP contribution in [-0.4, -0.2) is 4.98 Å². The van der Waals surface area contributed by atoms with Gasteiger partial charge in [-0.15, -0.1) is 11.3 Å². The lowest BCUT2D eigenvalue weighted by Crippen LogP contribution is -2.01. The van der Waals surface area contributed by atoms with Crippen LogP contribution in [0, 0.1) is 0 Å². The van der Waals surface area contributed by atoms with Gasteiger partial charge in [-0.3, -0.25) is 0 Å². The highest BCUT2D eigenvalue weighted by molar-refractivity contribution is 7.15. The molecule has 0 aromatic carbocycles. The standard InChI is InChI=1S/C13H22N2S/c1-9(2)13-15-11(12(14)16-13)10-7-5-3-4-6-8-10/h9-10H,3-8,14H2,1-2H3. The molecule has 1 saturated carbocycles. The van der Waals surface area contributed by atoms with E-state index in [0.717, 1.165) is 5.00 Å². The van der Waals surface area contributed by atoms with Crippen LogP contribution < -0.4 is 5.73 Å². The fraction of sp³-hybridized carbons (Fsp3) is 0.769. The van der Waals surface area contributed by atoms with E-state index in [1.807, 2.05) is 0 Å². The summed E-state index contributed by atoms with van der Waals surface area (Å²) < 4.78 is 0. The lowest BCUT2D eigenvalue weighted by molar-refractivity contribution is 0.579. The molecule has 0 saturated heterocycles. The van der Waals surface area contributed by atoms with Gasteiger partial charge >= 0.3 is 0 Å². The van der Waals surface area contributed by atoms with Crippen molar-refractivity contribution in [2.24, 2.45) is 0 Å². The van der Waals surface area contributed by atoms with Crippen LogP contribution in [0.25, 0.3) is 0 Å². The molecule has 0 radical (unpaired) electrons. The molecule has 90 valence electrons. The quantitative estimate of drug-likeness (QED) is 0.781. The molecule has 1 aliphatic carbocycles. The first-order valence-electron chi connectivity index (χ1n) is 6.44. The Morgan fingerprint density at radius 1 is 1.19 bits per heavy atom. The van der Waals surface area contributed by atoms with Crippen LogP contribution in [0.5, 0.6) is 0 Å². The van der Waals surface area contributed by atoms with E-state index in [0.29, 0.717) is 11.8 Å². The predicted molar refractivity (Wildman–Crippen MR) is 71.1 cm³/mol.